The Balaban J connectivity index is 0.00000256. The average Bonchev–Trinajstić information content (AvgIpc) is 3.00. The van der Waals surface area contributed by atoms with Gasteiger partial charge in [0.1, 0.15) is 10.7 Å². The number of amides is 1. The molecule has 1 aromatic carbocycles. The summed E-state index contributed by atoms with van der Waals surface area (Å²) in [6, 6.07) is 3.97. The predicted octanol–water partition coefficient (Wildman–Crippen LogP) is 1.80. The summed E-state index contributed by atoms with van der Waals surface area (Å²) in [5, 5.41) is 5.88. The van der Waals surface area contributed by atoms with Crippen LogP contribution in [0.1, 0.15) is 22.5 Å². The van der Waals surface area contributed by atoms with E-state index in [4.69, 9.17) is 4.74 Å². The molecule has 3 heterocycles. The maximum Gasteiger partial charge on any atom is 0.276 e. The van der Waals surface area contributed by atoms with Gasteiger partial charge in [-0.3, -0.25) is 4.79 Å². The van der Waals surface area contributed by atoms with Gasteiger partial charge in [0.05, 0.1) is 6.61 Å². The van der Waals surface area contributed by atoms with Crippen molar-refractivity contribution >= 4 is 34.0 Å². The van der Waals surface area contributed by atoms with Crippen LogP contribution in [-0.4, -0.2) is 44.6 Å². The summed E-state index contributed by atoms with van der Waals surface area (Å²) in [6.07, 6.45) is 2.14. The van der Waals surface area contributed by atoms with E-state index in [2.05, 4.69) is 15.4 Å². The third kappa shape index (κ3) is 4.18. The number of fused-ring (bicyclic) bond motifs is 2. The number of rotatable bonds is 2. The largest absolute Gasteiger partial charge is 0.489 e. The minimum absolute atomic E-state index is 0. The van der Waals surface area contributed by atoms with E-state index in [0.717, 1.165) is 13.0 Å². The van der Waals surface area contributed by atoms with Crippen LogP contribution in [0.15, 0.2) is 29.3 Å². The van der Waals surface area contributed by atoms with E-state index in [1.54, 1.807) is 14.0 Å². The molecule has 8 nitrogen and oxygen atoms in total. The molecule has 0 radical (unpaired) electrons. The van der Waals surface area contributed by atoms with E-state index in [9.17, 15) is 17.6 Å². The molecule has 2 aliphatic rings. The summed E-state index contributed by atoms with van der Waals surface area (Å²) in [7, 11) is -2.27. The molecule has 4 rings (SSSR count). The lowest BCUT2D eigenvalue weighted by molar-refractivity contribution is 0.101. The predicted molar refractivity (Wildman–Crippen MR) is 112 cm³/mol. The molecule has 2 atom stereocenters. The fraction of sp³-hybridized carbons (Fsp3) is 0.421. The van der Waals surface area contributed by atoms with Crippen LogP contribution in [0.3, 0.4) is 0 Å². The number of aryl methyl sites for hydroxylation is 2. The van der Waals surface area contributed by atoms with E-state index in [1.165, 1.54) is 29.0 Å². The van der Waals surface area contributed by atoms with Crippen molar-refractivity contribution in [1.29, 1.82) is 0 Å². The number of aromatic nitrogens is 1. The second kappa shape index (κ2) is 8.54. The van der Waals surface area contributed by atoms with E-state index in [1.807, 2.05) is 0 Å². The van der Waals surface area contributed by atoms with E-state index in [-0.39, 0.29) is 46.5 Å². The first kappa shape index (κ1) is 22.5. The van der Waals surface area contributed by atoms with Gasteiger partial charge in [0.2, 0.25) is 10.0 Å². The third-order valence-corrected chi connectivity index (χ3v) is 6.88. The van der Waals surface area contributed by atoms with Crippen LogP contribution in [0, 0.1) is 18.7 Å². The molecule has 0 spiro atoms. The fourth-order valence-electron chi connectivity index (χ4n) is 3.79. The molecular formula is C19H24ClFN4O4S. The van der Waals surface area contributed by atoms with Crippen molar-refractivity contribution in [2.75, 3.05) is 25.0 Å². The zero-order chi connectivity index (χ0) is 20.8. The molecule has 0 bridgehead atoms. The maximum atomic E-state index is 13.5. The second-order valence-corrected chi connectivity index (χ2v) is 9.17. The van der Waals surface area contributed by atoms with Crippen molar-refractivity contribution in [2.45, 2.75) is 24.3 Å². The number of anilines is 1. The normalized spacial score (nSPS) is 22.4. The standard InChI is InChI=1S/C19H23FN4O4S.ClH/c1-11-7-13(3-4-14(11)20)22-19(25)17-18-16(9-24(17)2)29(26,27)23-15-8-21-6-5-12(15)10-28-18;/h3-4,7,9,12,15,21,23H,5-6,8,10H2,1-2H3,(H,22,25);1H/t12-,15+;/m0./s1. The summed E-state index contributed by atoms with van der Waals surface area (Å²) in [5.74, 6) is -0.857. The topological polar surface area (TPSA) is 101 Å². The lowest BCUT2D eigenvalue weighted by Crippen LogP contribution is -2.53. The van der Waals surface area contributed by atoms with Gasteiger partial charge in [0.15, 0.2) is 11.4 Å². The number of hydrogen-bond acceptors (Lipinski definition) is 5. The molecule has 1 aromatic heterocycles. The molecule has 1 saturated heterocycles. The highest BCUT2D eigenvalue weighted by Crippen LogP contribution is 2.34. The number of benzene rings is 1. The molecular weight excluding hydrogens is 435 g/mol. The van der Waals surface area contributed by atoms with Gasteiger partial charge in [-0.2, -0.15) is 0 Å². The van der Waals surface area contributed by atoms with Gasteiger partial charge >= 0.3 is 0 Å². The zero-order valence-corrected chi connectivity index (χ0v) is 18.2. The minimum Gasteiger partial charge on any atom is -0.489 e. The van der Waals surface area contributed by atoms with Gasteiger partial charge in [-0.15, -0.1) is 12.4 Å². The summed E-state index contributed by atoms with van der Waals surface area (Å²) in [6.45, 7) is 3.22. The first-order valence-electron chi connectivity index (χ1n) is 9.39. The minimum atomic E-state index is -3.86. The van der Waals surface area contributed by atoms with Gasteiger partial charge in [-0.25, -0.2) is 17.5 Å². The highest BCUT2D eigenvalue weighted by molar-refractivity contribution is 7.89. The van der Waals surface area contributed by atoms with E-state index < -0.39 is 15.9 Å². The molecule has 0 saturated carbocycles. The molecule has 0 aliphatic carbocycles. The number of carbonyl (C=O) groups is 1. The number of ether oxygens (including phenoxy) is 1. The molecule has 2 aromatic rings. The lowest BCUT2D eigenvalue weighted by atomic mass is 9.94. The van der Waals surface area contributed by atoms with Crippen molar-refractivity contribution in [3.63, 3.8) is 0 Å². The highest BCUT2D eigenvalue weighted by atomic mass is 35.5. The smallest absolute Gasteiger partial charge is 0.276 e. The lowest BCUT2D eigenvalue weighted by Gasteiger charge is -2.34. The van der Waals surface area contributed by atoms with Gasteiger partial charge in [0, 0.05) is 37.4 Å². The molecule has 2 aliphatic heterocycles. The Hall–Kier alpha value is -2.14. The number of nitrogens with one attached hydrogen (secondary N) is 3. The Kier molecular flexibility index (Phi) is 6.42. The quantitative estimate of drug-likeness (QED) is 0.637. The summed E-state index contributed by atoms with van der Waals surface area (Å²) in [5.41, 5.74) is 0.902. The van der Waals surface area contributed by atoms with Crippen molar-refractivity contribution < 1.29 is 22.3 Å². The SMILES string of the molecule is Cc1cc(NC(=O)c2c3c(cn2C)S(=O)(=O)N[C@@H]2CNCC[C@H]2CO3)ccc1F.Cl. The van der Waals surface area contributed by atoms with Crippen molar-refractivity contribution in [2.24, 2.45) is 13.0 Å². The first-order chi connectivity index (χ1) is 13.8. The van der Waals surface area contributed by atoms with Crippen LogP contribution in [-0.2, 0) is 17.1 Å². The van der Waals surface area contributed by atoms with E-state index >= 15 is 0 Å². The Morgan fingerprint density at radius 2 is 2.13 bits per heavy atom. The molecule has 3 N–H and O–H groups in total. The van der Waals surface area contributed by atoms with Crippen LogP contribution in [0.4, 0.5) is 10.1 Å². The van der Waals surface area contributed by atoms with E-state index in [0.29, 0.717) is 24.4 Å². The van der Waals surface area contributed by atoms with Gasteiger partial charge in [-0.05, 0) is 43.7 Å². The summed E-state index contributed by atoms with van der Waals surface area (Å²) < 4.78 is 49.4. The second-order valence-electron chi connectivity index (χ2n) is 7.49. The Morgan fingerprint density at radius 3 is 2.87 bits per heavy atom. The van der Waals surface area contributed by atoms with Crippen molar-refractivity contribution in [3.8, 4) is 5.75 Å². The fourth-order valence-corrected chi connectivity index (χ4v) is 5.28. The third-order valence-electron chi connectivity index (χ3n) is 5.40. The molecule has 0 unspecified atom stereocenters. The van der Waals surface area contributed by atoms with Crippen molar-refractivity contribution in [1.82, 2.24) is 14.6 Å². The average molecular weight is 459 g/mol. The highest BCUT2D eigenvalue weighted by Gasteiger charge is 2.37. The van der Waals surface area contributed by atoms with Crippen molar-refractivity contribution in [3.05, 3.63) is 41.5 Å². The molecule has 30 heavy (non-hydrogen) atoms. The van der Waals surface area contributed by atoms with Crippen LogP contribution in [0.2, 0.25) is 0 Å². The number of carbonyl (C=O) groups excluding carboxylic acids is 1. The zero-order valence-electron chi connectivity index (χ0n) is 16.6. The first-order valence-corrected chi connectivity index (χ1v) is 10.9. The monoisotopic (exact) mass is 458 g/mol. The molecule has 1 amide bonds. The van der Waals surface area contributed by atoms with Gasteiger partial charge in [-0.1, -0.05) is 0 Å². The van der Waals surface area contributed by atoms with Crippen LogP contribution < -0.4 is 20.1 Å². The Morgan fingerprint density at radius 1 is 1.37 bits per heavy atom. The number of halogens is 2. The molecule has 1 fully saturated rings. The number of hydrogen-bond donors (Lipinski definition) is 3. The number of piperidine rings is 1. The van der Waals surface area contributed by atoms with Gasteiger partial charge < -0.3 is 19.9 Å². The number of nitrogens with zero attached hydrogens (tertiary/aromatic N) is 1. The molecule has 164 valence electrons. The Labute approximate surface area is 180 Å². The summed E-state index contributed by atoms with van der Waals surface area (Å²) >= 11 is 0. The van der Waals surface area contributed by atoms with Crippen LogP contribution in [0.5, 0.6) is 5.75 Å². The number of sulfonamides is 1. The Bertz CT molecular complexity index is 1070. The maximum absolute atomic E-state index is 13.5. The molecule has 11 heteroatoms. The van der Waals surface area contributed by atoms with Crippen LogP contribution >= 0.6 is 12.4 Å². The summed E-state index contributed by atoms with van der Waals surface area (Å²) in [4.78, 5) is 12.9. The van der Waals surface area contributed by atoms with Crippen LogP contribution in [0.25, 0.3) is 0 Å². The van der Waals surface area contributed by atoms with Gasteiger partial charge in [0.25, 0.3) is 5.91 Å².